The lowest BCUT2D eigenvalue weighted by Crippen LogP contribution is -2.45. The first-order valence-corrected chi connectivity index (χ1v) is 7.08. The van der Waals surface area contributed by atoms with Crippen LogP contribution in [-0.4, -0.2) is 44.2 Å². The summed E-state index contributed by atoms with van der Waals surface area (Å²) in [6.45, 7) is 6.00. The van der Waals surface area contributed by atoms with Crippen molar-refractivity contribution < 1.29 is 4.39 Å². The Kier molecular flexibility index (Phi) is 4.77. The molecule has 0 saturated carbocycles. The quantitative estimate of drug-likeness (QED) is 0.902. The Bertz CT molecular complexity index is 414. The van der Waals surface area contributed by atoms with Crippen molar-refractivity contribution in [2.24, 2.45) is 5.73 Å². The van der Waals surface area contributed by atoms with Crippen LogP contribution in [0.4, 0.5) is 10.1 Å². The first-order chi connectivity index (χ1) is 9.11. The van der Waals surface area contributed by atoms with Gasteiger partial charge in [0.1, 0.15) is 5.82 Å². The third kappa shape index (κ3) is 3.45. The Morgan fingerprint density at radius 3 is 2.58 bits per heavy atom. The third-order valence-corrected chi connectivity index (χ3v) is 3.93. The Morgan fingerprint density at radius 1 is 1.26 bits per heavy atom. The Morgan fingerprint density at radius 2 is 1.95 bits per heavy atom. The average molecular weight is 265 g/mol. The molecule has 0 radical (unpaired) electrons. The molecule has 1 saturated heterocycles. The molecule has 1 fully saturated rings. The molecule has 4 heteroatoms. The predicted octanol–water partition coefficient (Wildman–Crippen LogP) is 1.86. The van der Waals surface area contributed by atoms with E-state index in [2.05, 4.69) is 16.8 Å². The van der Waals surface area contributed by atoms with Gasteiger partial charge >= 0.3 is 0 Å². The van der Waals surface area contributed by atoms with Crippen LogP contribution < -0.4 is 10.6 Å². The highest BCUT2D eigenvalue weighted by Crippen LogP contribution is 2.25. The third-order valence-electron chi connectivity index (χ3n) is 3.93. The summed E-state index contributed by atoms with van der Waals surface area (Å²) in [5, 5.41) is 0. The topological polar surface area (TPSA) is 32.5 Å². The molecule has 0 bridgehead atoms. The van der Waals surface area contributed by atoms with Crippen LogP contribution in [0.2, 0.25) is 0 Å². The van der Waals surface area contributed by atoms with Crippen molar-refractivity contribution in [3.63, 3.8) is 0 Å². The van der Waals surface area contributed by atoms with Crippen LogP contribution in [-0.2, 0) is 6.42 Å². The number of piperazine rings is 1. The molecular formula is C15H24FN3. The SMILES string of the molecule is CCC(N)Cc1c(F)cccc1N1CCN(C)CC1. The van der Waals surface area contributed by atoms with E-state index >= 15 is 0 Å². The van der Waals surface area contributed by atoms with Gasteiger partial charge in [-0.2, -0.15) is 0 Å². The van der Waals surface area contributed by atoms with Gasteiger partial charge < -0.3 is 15.5 Å². The van der Waals surface area contributed by atoms with E-state index in [-0.39, 0.29) is 11.9 Å². The number of hydrogen-bond donors (Lipinski definition) is 1. The van der Waals surface area contributed by atoms with Gasteiger partial charge in [0, 0.05) is 43.5 Å². The molecular weight excluding hydrogens is 241 g/mol. The van der Waals surface area contributed by atoms with Crippen molar-refractivity contribution in [3.8, 4) is 0 Å². The Balaban J connectivity index is 2.21. The summed E-state index contributed by atoms with van der Waals surface area (Å²) >= 11 is 0. The maximum absolute atomic E-state index is 14.1. The summed E-state index contributed by atoms with van der Waals surface area (Å²) in [5.41, 5.74) is 7.81. The number of likely N-dealkylation sites (N-methyl/N-ethyl adjacent to an activating group) is 1. The first kappa shape index (κ1) is 14.3. The van der Waals surface area contributed by atoms with E-state index in [9.17, 15) is 4.39 Å². The molecule has 106 valence electrons. The summed E-state index contributed by atoms with van der Waals surface area (Å²) in [6, 6.07) is 5.39. The molecule has 1 aromatic carbocycles. The molecule has 0 aliphatic carbocycles. The molecule has 19 heavy (non-hydrogen) atoms. The van der Waals surface area contributed by atoms with Gasteiger partial charge in [-0.1, -0.05) is 13.0 Å². The molecule has 0 amide bonds. The van der Waals surface area contributed by atoms with Gasteiger partial charge in [0.2, 0.25) is 0 Å². The van der Waals surface area contributed by atoms with E-state index in [0.717, 1.165) is 43.9 Å². The molecule has 3 nitrogen and oxygen atoms in total. The summed E-state index contributed by atoms with van der Waals surface area (Å²) in [6.07, 6.45) is 1.49. The monoisotopic (exact) mass is 265 g/mol. The summed E-state index contributed by atoms with van der Waals surface area (Å²) in [4.78, 5) is 4.58. The molecule has 2 rings (SSSR count). The minimum absolute atomic E-state index is 0.0307. The van der Waals surface area contributed by atoms with Gasteiger partial charge in [-0.05, 0) is 32.0 Å². The second-order valence-electron chi connectivity index (χ2n) is 5.40. The van der Waals surface area contributed by atoms with Crippen LogP contribution in [0.5, 0.6) is 0 Å². The highest BCUT2D eigenvalue weighted by atomic mass is 19.1. The maximum atomic E-state index is 14.1. The average Bonchev–Trinajstić information content (AvgIpc) is 2.42. The molecule has 1 heterocycles. The summed E-state index contributed by atoms with van der Waals surface area (Å²) in [5.74, 6) is -0.125. The molecule has 1 aliphatic rings. The Hall–Kier alpha value is -1.13. The van der Waals surface area contributed by atoms with E-state index in [4.69, 9.17) is 5.73 Å². The van der Waals surface area contributed by atoms with Crippen molar-refractivity contribution >= 4 is 5.69 Å². The van der Waals surface area contributed by atoms with E-state index < -0.39 is 0 Å². The number of nitrogens with two attached hydrogens (primary N) is 1. The van der Waals surface area contributed by atoms with Crippen molar-refractivity contribution in [2.45, 2.75) is 25.8 Å². The summed E-state index contributed by atoms with van der Waals surface area (Å²) < 4.78 is 14.1. The minimum Gasteiger partial charge on any atom is -0.369 e. The molecule has 0 spiro atoms. The Labute approximate surface area is 115 Å². The lowest BCUT2D eigenvalue weighted by Gasteiger charge is -2.35. The van der Waals surface area contributed by atoms with Gasteiger partial charge in [-0.3, -0.25) is 0 Å². The van der Waals surface area contributed by atoms with Gasteiger partial charge in [0.25, 0.3) is 0 Å². The lowest BCUT2D eigenvalue weighted by atomic mass is 10.0. The number of benzene rings is 1. The number of hydrogen-bond acceptors (Lipinski definition) is 3. The van der Waals surface area contributed by atoms with Crippen LogP contribution in [0, 0.1) is 5.82 Å². The molecule has 1 unspecified atom stereocenters. The highest BCUT2D eigenvalue weighted by molar-refractivity contribution is 5.55. The minimum atomic E-state index is -0.125. The van der Waals surface area contributed by atoms with Crippen molar-refractivity contribution in [2.75, 3.05) is 38.1 Å². The van der Waals surface area contributed by atoms with Crippen LogP contribution in [0.1, 0.15) is 18.9 Å². The normalized spacial score (nSPS) is 18.6. The molecule has 1 atom stereocenters. The van der Waals surface area contributed by atoms with Crippen LogP contribution in [0.15, 0.2) is 18.2 Å². The first-order valence-electron chi connectivity index (χ1n) is 7.08. The number of anilines is 1. The number of nitrogens with zero attached hydrogens (tertiary/aromatic N) is 2. The zero-order chi connectivity index (χ0) is 13.8. The van der Waals surface area contributed by atoms with E-state index in [1.54, 1.807) is 6.07 Å². The lowest BCUT2D eigenvalue weighted by molar-refractivity contribution is 0.312. The molecule has 1 aliphatic heterocycles. The van der Waals surface area contributed by atoms with Gasteiger partial charge in [0.05, 0.1) is 0 Å². The smallest absolute Gasteiger partial charge is 0.128 e. The van der Waals surface area contributed by atoms with Crippen molar-refractivity contribution in [1.29, 1.82) is 0 Å². The zero-order valence-corrected chi connectivity index (χ0v) is 11.9. The zero-order valence-electron chi connectivity index (χ0n) is 11.9. The molecule has 0 aromatic heterocycles. The molecule has 2 N–H and O–H groups in total. The highest BCUT2D eigenvalue weighted by Gasteiger charge is 2.19. The van der Waals surface area contributed by atoms with Crippen LogP contribution in [0.3, 0.4) is 0 Å². The van der Waals surface area contributed by atoms with Crippen LogP contribution in [0.25, 0.3) is 0 Å². The second kappa shape index (κ2) is 6.35. The van der Waals surface area contributed by atoms with Crippen LogP contribution >= 0.6 is 0 Å². The van der Waals surface area contributed by atoms with E-state index in [1.807, 2.05) is 13.0 Å². The fraction of sp³-hybridized carbons (Fsp3) is 0.600. The van der Waals surface area contributed by atoms with E-state index in [1.165, 1.54) is 6.07 Å². The number of rotatable bonds is 4. The predicted molar refractivity (Wildman–Crippen MR) is 78.1 cm³/mol. The fourth-order valence-corrected chi connectivity index (χ4v) is 2.50. The van der Waals surface area contributed by atoms with Crippen molar-refractivity contribution in [1.82, 2.24) is 4.90 Å². The number of halogens is 1. The van der Waals surface area contributed by atoms with Gasteiger partial charge in [-0.25, -0.2) is 4.39 Å². The van der Waals surface area contributed by atoms with Gasteiger partial charge in [0.15, 0.2) is 0 Å². The van der Waals surface area contributed by atoms with Gasteiger partial charge in [-0.15, -0.1) is 0 Å². The second-order valence-corrected chi connectivity index (χ2v) is 5.40. The largest absolute Gasteiger partial charge is 0.369 e. The summed E-state index contributed by atoms with van der Waals surface area (Å²) in [7, 11) is 2.12. The standard InChI is InChI=1S/C15H24FN3/c1-3-12(17)11-13-14(16)5-4-6-15(13)19-9-7-18(2)8-10-19/h4-6,12H,3,7-11,17H2,1-2H3. The van der Waals surface area contributed by atoms with E-state index in [0.29, 0.717) is 6.42 Å². The van der Waals surface area contributed by atoms with Crippen molar-refractivity contribution in [3.05, 3.63) is 29.6 Å². The molecule has 1 aromatic rings. The maximum Gasteiger partial charge on any atom is 0.128 e. The fourth-order valence-electron chi connectivity index (χ4n) is 2.50.